The highest BCUT2D eigenvalue weighted by Crippen LogP contribution is 2.31. The monoisotopic (exact) mass is 195 g/mol. The first-order valence-electron chi connectivity index (χ1n) is 4.84. The normalized spacial score (nSPS) is 35.7. The molecule has 0 radical (unpaired) electrons. The largest absolute Gasteiger partial charge is 0.481 e. The molecule has 14 heavy (non-hydrogen) atoms. The van der Waals surface area contributed by atoms with Crippen molar-refractivity contribution in [2.24, 2.45) is 11.8 Å². The predicted octanol–water partition coefficient (Wildman–Crippen LogP) is 0.194. The van der Waals surface area contributed by atoms with Gasteiger partial charge in [-0.25, -0.2) is 0 Å². The third-order valence-electron chi connectivity index (χ3n) is 3.02. The van der Waals surface area contributed by atoms with E-state index < -0.39 is 5.97 Å². The molecule has 2 rings (SSSR count). The lowest BCUT2D eigenvalue weighted by molar-refractivity contribution is -0.138. The molecule has 0 aromatic rings. The predicted molar refractivity (Wildman–Crippen MR) is 49.8 cm³/mol. The molecule has 4 nitrogen and oxygen atoms in total. The summed E-state index contributed by atoms with van der Waals surface area (Å²) in [7, 11) is 0. The first-order valence-corrected chi connectivity index (χ1v) is 4.84. The number of carbonyl (C=O) groups is 2. The zero-order chi connectivity index (χ0) is 10.1. The van der Waals surface area contributed by atoms with E-state index in [2.05, 4.69) is 5.32 Å². The average molecular weight is 195 g/mol. The molecule has 0 aromatic carbocycles. The van der Waals surface area contributed by atoms with Crippen molar-refractivity contribution in [2.75, 3.05) is 6.54 Å². The molecule has 1 aliphatic carbocycles. The van der Waals surface area contributed by atoms with Gasteiger partial charge in [0.2, 0.25) is 0 Å². The summed E-state index contributed by atoms with van der Waals surface area (Å²) in [5.41, 5.74) is 0. The first kappa shape index (κ1) is 9.40. The maximum Gasteiger partial charge on any atom is 0.303 e. The third-order valence-corrected chi connectivity index (χ3v) is 3.02. The van der Waals surface area contributed by atoms with Crippen molar-refractivity contribution < 1.29 is 14.7 Å². The number of ketones is 1. The van der Waals surface area contributed by atoms with Crippen LogP contribution in [0.25, 0.3) is 0 Å². The van der Waals surface area contributed by atoms with Crippen molar-refractivity contribution >= 4 is 11.8 Å². The lowest BCUT2D eigenvalue weighted by Crippen LogP contribution is -2.34. The molecule has 3 atom stereocenters. The SMILES string of the molecule is O=C(O)CC1CNC2CC=CC(=O)C12. The van der Waals surface area contributed by atoms with Crippen molar-refractivity contribution in [1.82, 2.24) is 5.32 Å². The number of hydrogen-bond donors (Lipinski definition) is 2. The summed E-state index contributed by atoms with van der Waals surface area (Å²) < 4.78 is 0. The van der Waals surface area contributed by atoms with Gasteiger partial charge in [-0.2, -0.15) is 0 Å². The summed E-state index contributed by atoms with van der Waals surface area (Å²) in [6.07, 6.45) is 4.38. The zero-order valence-electron chi connectivity index (χ0n) is 7.77. The fraction of sp³-hybridized carbons (Fsp3) is 0.600. The zero-order valence-corrected chi connectivity index (χ0v) is 7.77. The highest BCUT2D eigenvalue weighted by molar-refractivity contribution is 5.94. The molecule has 1 fully saturated rings. The van der Waals surface area contributed by atoms with E-state index in [-0.39, 0.29) is 30.1 Å². The van der Waals surface area contributed by atoms with Crippen molar-refractivity contribution in [2.45, 2.75) is 18.9 Å². The van der Waals surface area contributed by atoms with Gasteiger partial charge >= 0.3 is 5.97 Å². The van der Waals surface area contributed by atoms with E-state index in [1.807, 2.05) is 6.08 Å². The Morgan fingerprint density at radius 1 is 1.64 bits per heavy atom. The Kier molecular flexibility index (Phi) is 2.37. The summed E-state index contributed by atoms with van der Waals surface area (Å²) >= 11 is 0. The molecular weight excluding hydrogens is 182 g/mol. The minimum Gasteiger partial charge on any atom is -0.481 e. The number of hydrogen-bond acceptors (Lipinski definition) is 3. The highest BCUT2D eigenvalue weighted by Gasteiger charge is 2.41. The van der Waals surface area contributed by atoms with Crippen LogP contribution in [0.1, 0.15) is 12.8 Å². The Balaban J connectivity index is 2.11. The third kappa shape index (κ3) is 1.57. The molecule has 76 valence electrons. The van der Waals surface area contributed by atoms with Gasteiger partial charge in [-0.1, -0.05) is 6.08 Å². The van der Waals surface area contributed by atoms with Crippen molar-refractivity contribution in [3.8, 4) is 0 Å². The minimum atomic E-state index is -0.820. The van der Waals surface area contributed by atoms with Crippen molar-refractivity contribution in [1.29, 1.82) is 0 Å². The van der Waals surface area contributed by atoms with Gasteiger partial charge in [0.05, 0.1) is 6.42 Å². The summed E-state index contributed by atoms with van der Waals surface area (Å²) in [4.78, 5) is 22.1. The van der Waals surface area contributed by atoms with E-state index in [9.17, 15) is 9.59 Å². The van der Waals surface area contributed by atoms with Gasteiger partial charge < -0.3 is 10.4 Å². The van der Waals surface area contributed by atoms with E-state index in [0.717, 1.165) is 6.42 Å². The maximum absolute atomic E-state index is 11.5. The van der Waals surface area contributed by atoms with E-state index in [4.69, 9.17) is 5.11 Å². The van der Waals surface area contributed by atoms with Crippen LogP contribution in [0.15, 0.2) is 12.2 Å². The first-order chi connectivity index (χ1) is 6.68. The summed E-state index contributed by atoms with van der Waals surface area (Å²) in [6, 6.07) is 0.164. The Morgan fingerprint density at radius 2 is 2.43 bits per heavy atom. The smallest absolute Gasteiger partial charge is 0.303 e. The molecule has 0 saturated carbocycles. The molecule has 1 heterocycles. The summed E-state index contributed by atoms with van der Waals surface area (Å²) in [5, 5.41) is 11.9. The van der Waals surface area contributed by atoms with Crippen LogP contribution in [0.2, 0.25) is 0 Å². The van der Waals surface area contributed by atoms with Crippen LogP contribution in [-0.4, -0.2) is 29.4 Å². The quantitative estimate of drug-likeness (QED) is 0.660. The number of allylic oxidation sites excluding steroid dienone is 1. The van der Waals surface area contributed by atoms with E-state index in [0.29, 0.717) is 6.54 Å². The van der Waals surface area contributed by atoms with Crippen LogP contribution in [0.5, 0.6) is 0 Å². The van der Waals surface area contributed by atoms with Crippen molar-refractivity contribution in [3.63, 3.8) is 0 Å². The molecule has 0 aromatic heterocycles. The Labute approximate surface area is 82.0 Å². The number of rotatable bonds is 2. The van der Waals surface area contributed by atoms with Gasteiger partial charge in [0.15, 0.2) is 5.78 Å². The number of carbonyl (C=O) groups excluding carboxylic acids is 1. The van der Waals surface area contributed by atoms with Gasteiger partial charge in [-0.15, -0.1) is 0 Å². The van der Waals surface area contributed by atoms with Crippen LogP contribution in [0, 0.1) is 11.8 Å². The molecule has 4 heteroatoms. The lowest BCUT2D eigenvalue weighted by atomic mass is 9.81. The summed E-state index contributed by atoms with van der Waals surface area (Å²) in [5.74, 6) is -0.886. The van der Waals surface area contributed by atoms with Crippen LogP contribution in [-0.2, 0) is 9.59 Å². The fourth-order valence-electron chi connectivity index (χ4n) is 2.41. The highest BCUT2D eigenvalue weighted by atomic mass is 16.4. The van der Waals surface area contributed by atoms with E-state index >= 15 is 0 Å². The van der Waals surface area contributed by atoms with Crippen LogP contribution in [0.3, 0.4) is 0 Å². The van der Waals surface area contributed by atoms with Gasteiger partial charge in [-0.3, -0.25) is 9.59 Å². The molecule has 1 saturated heterocycles. The topological polar surface area (TPSA) is 66.4 Å². The van der Waals surface area contributed by atoms with E-state index in [1.54, 1.807) is 6.08 Å². The molecule has 0 spiro atoms. The second kappa shape index (κ2) is 3.53. The average Bonchev–Trinajstić information content (AvgIpc) is 2.49. The molecule has 0 amide bonds. The number of nitrogens with one attached hydrogen (secondary N) is 1. The van der Waals surface area contributed by atoms with E-state index in [1.165, 1.54) is 0 Å². The van der Waals surface area contributed by atoms with Crippen LogP contribution < -0.4 is 5.32 Å². The van der Waals surface area contributed by atoms with Gasteiger partial charge in [-0.05, 0) is 25.0 Å². The molecule has 1 aliphatic heterocycles. The number of carboxylic acid groups (broad SMARTS) is 1. The maximum atomic E-state index is 11.5. The second-order valence-electron chi connectivity index (χ2n) is 3.94. The Hall–Kier alpha value is -1.16. The van der Waals surface area contributed by atoms with Gasteiger partial charge in [0.1, 0.15) is 0 Å². The number of aliphatic carboxylic acids is 1. The van der Waals surface area contributed by atoms with Gasteiger partial charge in [0, 0.05) is 12.0 Å². The Morgan fingerprint density at radius 3 is 3.14 bits per heavy atom. The molecule has 0 bridgehead atoms. The molecular formula is C10H13NO3. The summed E-state index contributed by atoms with van der Waals surface area (Å²) in [6.45, 7) is 0.648. The van der Waals surface area contributed by atoms with Crippen LogP contribution >= 0.6 is 0 Å². The van der Waals surface area contributed by atoms with Crippen molar-refractivity contribution in [3.05, 3.63) is 12.2 Å². The van der Waals surface area contributed by atoms with Gasteiger partial charge in [0.25, 0.3) is 0 Å². The number of fused-ring (bicyclic) bond motifs is 1. The standard InChI is InChI=1S/C10H13NO3/c12-8-3-1-2-7-10(8)6(5-11-7)4-9(13)14/h1,3,6-7,10-11H,2,4-5H2,(H,13,14). The molecule has 3 unspecified atom stereocenters. The molecule has 2 aliphatic rings. The molecule has 2 N–H and O–H groups in total. The minimum absolute atomic E-state index is 0.0325. The van der Waals surface area contributed by atoms with Crippen LogP contribution in [0.4, 0.5) is 0 Å². The number of carboxylic acids is 1. The fourth-order valence-corrected chi connectivity index (χ4v) is 2.41. The lowest BCUT2D eigenvalue weighted by Gasteiger charge is -2.22. The Bertz CT molecular complexity index is 298. The second-order valence-corrected chi connectivity index (χ2v) is 3.94.